The summed E-state index contributed by atoms with van der Waals surface area (Å²) >= 11 is 0. The van der Waals surface area contributed by atoms with Crippen LogP contribution >= 0.6 is 0 Å². The quantitative estimate of drug-likeness (QED) is 0.606. The van der Waals surface area contributed by atoms with E-state index in [4.69, 9.17) is 4.84 Å². The predicted octanol–water partition coefficient (Wildman–Crippen LogP) is 1.35. The van der Waals surface area contributed by atoms with Gasteiger partial charge in [0, 0.05) is 23.5 Å². The number of aryl methyl sites for hydroxylation is 1. The van der Waals surface area contributed by atoms with Crippen LogP contribution in [0.25, 0.3) is 0 Å². The predicted molar refractivity (Wildman–Crippen MR) is 41.2 cm³/mol. The lowest BCUT2D eigenvalue weighted by atomic mass is 10.1. The van der Waals surface area contributed by atoms with Gasteiger partial charge >= 0.3 is 0 Å². The Bertz CT molecular complexity index is 285. The van der Waals surface area contributed by atoms with Gasteiger partial charge in [-0.15, -0.1) is 5.48 Å². The van der Waals surface area contributed by atoms with E-state index in [0.29, 0.717) is 0 Å². The maximum Gasteiger partial charge on any atom is 0.155 e. The molecule has 0 aromatic carbocycles. The summed E-state index contributed by atoms with van der Waals surface area (Å²) in [4.78, 5) is 9.38. The van der Waals surface area contributed by atoms with Crippen molar-refractivity contribution in [1.82, 2.24) is 10.5 Å². The second-order valence-electron chi connectivity index (χ2n) is 2.81. The summed E-state index contributed by atoms with van der Waals surface area (Å²) in [5.41, 5.74) is 4.99. The Morgan fingerprint density at radius 2 is 2.45 bits per heavy atom. The van der Waals surface area contributed by atoms with E-state index in [0.717, 1.165) is 17.0 Å². The van der Waals surface area contributed by atoms with Crippen LogP contribution in [0.1, 0.15) is 24.2 Å². The van der Waals surface area contributed by atoms with Crippen molar-refractivity contribution in [3.05, 3.63) is 23.5 Å². The Morgan fingerprint density at radius 3 is 3.27 bits per heavy atom. The van der Waals surface area contributed by atoms with Crippen molar-refractivity contribution in [3.63, 3.8) is 0 Å². The molecule has 1 N–H and O–H groups in total. The molecule has 1 aromatic rings. The average molecular weight is 150 g/mol. The molecule has 1 atom stereocenters. The molecule has 1 aromatic heterocycles. The topological polar surface area (TPSA) is 34.2 Å². The number of nitrogens with one attached hydrogen (secondary N) is 1. The van der Waals surface area contributed by atoms with E-state index in [-0.39, 0.29) is 6.04 Å². The van der Waals surface area contributed by atoms with Crippen molar-refractivity contribution in [2.75, 3.05) is 0 Å². The second-order valence-corrected chi connectivity index (χ2v) is 2.81. The van der Waals surface area contributed by atoms with E-state index in [1.165, 1.54) is 0 Å². The van der Waals surface area contributed by atoms with Crippen molar-refractivity contribution in [2.45, 2.75) is 19.9 Å². The third-order valence-corrected chi connectivity index (χ3v) is 1.84. The fraction of sp³-hybridized carbons (Fsp3) is 0.375. The molecule has 0 saturated carbocycles. The molecule has 3 nitrogen and oxygen atoms in total. The number of hydrogen-bond acceptors (Lipinski definition) is 3. The summed E-state index contributed by atoms with van der Waals surface area (Å²) in [6.07, 6.45) is 1.86. The molecule has 0 saturated heterocycles. The summed E-state index contributed by atoms with van der Waals surface area (Å²) in [7, 11) is 0. The zero-order valence-electron chi connectivity index (χ0n) is 6.59. The molecule has 0 fully saturated rings. The Labute approximate surface area is 65.4 Å². The van der Waals surface area contributed by atoms with Crippen LogP contribution in [0.4, 0.5) is 0 Å². The minimum absolute atomic E-state index is 0.262. The van der Waals surface area contributed by atoms with Crippen LogP contribution in [0, 0.1) is 6.92 Å². The van der Waals surface area contributed by atoms with Crippen LogP contribution in [-0.2, 0) is 0 Å². The Kier molecular flexibility index (Phi) is 1.32. The van der Waals surface area contributed by atoms with Gasteiger partial charge in [-0.1, -0.05) is 0 Å². The molecular weight excluding hydrogens is 140 g/mol. The maximum absolute atomic E-state index is 5.20. The van der Waals surface area contributed by atoms with E-state index in [2.05, 4.69) is 10.5 Å². The molecule has 2 rings (SSSR count). The lowest BCUT2D eigenvalue weighted by Crippen LogP contribution is -2.12. The van der Waals surface area contributed by atoms with Crippen molar-refractivity contribution >= 4 is 0 Å². The number of hydrogen-bond donors (Lipinski definition) is 1. The van der Waals surface area contributed by atoms with E-state index in [9.17, 15) is 0 Å². The molecule has 0 amide bonds. The number of rotatable bonds is 0. The molecule has 3 heteroatoms. The summed E-state index contributed by atoms with van der Waals surface area (Å²) in [5, 5.41) is 0. The van der Waals surface area contributed by atoms with Gasteiger partial charge in [0.15, 0.2) is 5.75 Å². The molecule has 0 aliphatic carbocycles. The van der Waals surface area contributed by atoms with Crippen LogP contribution in [0.3, 0.4) is 0 Å². The van der Waals surface area contributed by atoms with Gasteiger partial charge in [0.2, 0.25) is 0 Å². The molecule has 2 heterocycles. The number of hydroxylamine groups is 1. The van der Waals surface area contributed by atoms with E-state index in [1.807, 2.05) is 26.1 Å². The summed E-state index contributed by atoms with van der Waals surface area (Å²) < 4.78 is 0. The lowest BCUT2D eigenvalue weighted by molar-refractivity contribution is 0.200. The molecule has 11 heavy (non-hydrogen) atoms. The van der Waals surface area contributed by atoms with Crippen LogP contribution in [0.15, 0.2) is 12.3 Å². The monoisotopic (exact) mass is 150 g/mol. The number of aromatic nitrogens is 1. The highest BCUT2D eigenvalue weighted by Gasteiger charge is 2.19. The highest BCUT2D eigenvalue weighted by Crippen LogP contribution is 2.29. The SMILES string of the molecule is Cc1cc2c(cn1)C(C)NO2. The van der Waals surface area contributed by atoms with Crippen LogP contribution < -0.4 is 10.3 Å². The zero-order valence-corrected chi connectivity index (χ0v) is 6.59. The fourth-order valence-corrected chi connectivity index (χ4v) is 1.17. The lowest BCUT2D eigenvalue weighted by Gasteiger charge is -1.97. The molecule has 1 aliphatic heterocycles. The third-order valence-electron chi connectivity index (χ3n) is 1.84. The minimum Gasteiger partial charge on any atom is -0.408 e. The number of pyridine rings is 1. The van der Waals surface area contributed by atoms with E-state index < -0.39 is 0 Å². The van der Waals surface area contributed by atoms with E-state index >= 15 is 0 Å². The Morgan fingerprint density at radius 1 is 1.64 bits per heavy atom. The molecule has 0 spiro atoms. The number of fused-ring (bicyclic) bond motifs is 1. The first kappa shape index (κ1) is 6.61. The zero-order chi connectivity index (χ0) is 7.84. The van der Waals surface area contributed by atoms with Gasteiger partial charge in [0.05, 0.1) is 6.04 Å². The molecule has 1 aliphatic rings. The molecular formula is C8H10N2O. The van der Waals surface area contributed by atoms with Crippen LogP contribution in [0.2, 0.25) is 0 Å². The molecule has 0 radical (unpaired) electrons. The fourth-order valence-electron chi connectivity index (χ4n) is 1.17. The highest BCUT2D eigenvalue weighted by molar-refractivity contribution is 5.37. The van der Waals surface area contributed by atoms with Crippen molar-refractivity contribution < 1.29 is 4.84 Å². The summed E-state index contributed by atoms with van der Waals surface area (Å²) in [5.74, 6) is 0.907. The normalized spacial score (nSPS) is 21.1. The second kappa shape index (κ2) is 2.20. The van der Waals surface area contributed by atoms with Gasteiger partial charge in [0.1, 0.15) is 0 Å². The van der Waals surface area contributed by atoms with Gasteiger partial charge in [-0.25, -0.2) is 0 Å². The molecule has 0 bridgehead atoms. The van der Waals surface area contributed by atoms with Gasteiger partial charge in [-0.2, -0.15) is 0 Å². The van der Waals surface area contributed by atoms with Crippen molar-refractivity contribution in [2.24, 2.45) is 0 Å². The smallest absolute Gasteiger partial charge is 0.155 e. The average Bonchev–Trinajstić information content (AvgIpc) is 2.32. The first-order valence-corrected chi connectivity index (χ1v) is 3.66. The van der Waals surface area contributed by atoms with Crippen LogP contribution in [-0.4, -0.2) is 4.98 Å². The van der Waals surface area contributed by atoms with Gasteiger partial charge < -0.3 is 4.84 Å². The Hall–Kier alpha value is -1.09. The van der Waals surface area contributed by atoms with Crippen molar-refractivity contribution in [3.8, 4) is 5.75 Å². The van der Waals surface area contributed by atoms with Gasteiger partial charge in [0.25, 0.3) is 0 Å². The Balaban J connectivity index is 2.50. The first-order valence-electron chi connectivity index (χ1n) is 3.66. The standard InChI is InChI=1S/C8H10N2O/c1-5-3-8-7(4-9-5)6(2)10-11-8/h3-4,6,10H,1-2H3. The number of nitrogens with zero attached hydrogens (tertiary/aromatic N) is 1. The first-order chi connectivity index (χ1) is 5.27. The van der Waals surface area contributed by atoms with Gasteiger partial charge in [-0.05, 0) is 13.8 Å². The van der Waals surface area contributed by atoms with Gasteiger partial charge in [-0.3, -0.25) is 4.98 Å². The molecule has 58 valence electrons. The minimum atomic E-state index is 0.262. The summed E-state index contributed by atoms with van der Waals surface area (Å²) in [6, 6.07) is 2.20. The summed E-state index contributed by atoms with van der Waals surface area (Å²) in [6.45, 7) is 4.00. The van der Waals surface area contributed by atoms with E-state index in [1.54, 1.807) is 0 Å². The maximum atomic E-state index is 5.20. The largest absolute Gasteiger partial charge is 0.408 e. The highest BCUT2D eigenvalue weighted by atomic mass is 16.7. The van der Waals surface area contributed by atoms with Crippen molar-refractivity contribution in [1.29, 1.82) is 0 Å². The molecule has 1 unspecified atom stereocenters. The third kappa shape index (κ3) is 0.973. The van der Waals surface area contributed by atoms with Crippen LogP contribution in [0.5, 0.6) is 5.75 Å².